The summed E-state index contributed by atoms with van der Waals surface area (Å²) in [6.07, 6.45) is 5.72. The predicted molar refractivity (Wildman–Crippen MR) is 68.6 cm³/mol. The summed E-state index contributed by atoms with van der Waals surface area (Å²) in [7, 11) is 1.73. The maximum absolute atomic E-state index is 11.9. The van der Waals surface area contributed by atoms with Crippen LogP contribution < -0.4 is 11.1 Å². The molecule has 0 spiro atoms. The van der Waals surface area contributed by atoms with Crippen LogP contribution in [0.2, 0.25) is 0 Å². The summed E-state index contributed by atoms with van der Waals surface area (Å²) in [6.45, 7) is 4.01. The van der Waals surface area contributed by atoms with Gasteiger partial charge in [-0.3, -0.25) is 9.69 Å². The van der Waals surface area contributed by atoms with Crippen molar-refractivity contribution in [3.8, 4) is 0 Å². The number of carbonyl (C=O) groups excluding carboxylic acids is 1. The zero-order valence-corrected chi connectivity index (χ0v) is 11.0. The smallest absolute Gasteiger partial charge is 0.227 e. The molecule has 4 nitrogen and oxygen atoms in total. The zero-order valence-electron chi connectivity index (χ0n) is 11.0. The molecule has 1 amide bonds. The highest BCUT2D eigenvalue weighted by Gasteiger charge is 2.42. The van der Waals surface area contributed by atoms with Crippen LogP contribution in [0.4, 0.5) is 0 Å². The fourth-order valence-corrected chi connectivity index (χ4v) is 3.33. The number of nitrogens with zero attached hydrogens (tertiary/aromatic N) is 1. The molecule has 1 saturated carbocycles. The van der Waals surface area contributed by atoms with E-state index in [1.165, 1.54) is 12.8 Å². The first-order valence-corrected chi connectivity index (χ1v) is 6.77. The Kier molecular flexibility index (Phi) is 3.73. The number of rotatable bonds is 2. The minimum atomic E-state index is -0.198. The number of nitrogens with one attached hydrogen (secondary N) is 1. The fourth-order valence-electron chi connectivity index (χ4n) is 3.33. The van der Waals surface area contributed by atoms with Crippen LogP contribution in [0.3, 0.4) is 0 Å². The topological polar surface area (TPSA) is 58.4 Å². The summed E-state index contributed by atoms with van der Waals surface area (Å²) in [4.78, 5) is 14.3. The van der Waals surface area contributed by atoms with Gasteiger partial charge in [-0.15, -0.1) is 0 Å². The minimum absolute atomic E-state index is 0.181. The molecule has 2 fully saturated rings. The van der Waals surface area contributed by atoms with E-state index >= 15 is 0 Å². The molecule has 2 aliphatic rings. The largest absolute Gasteiger partial charge is 0.359 e. The number of likely N-dealkylation sites (tertiary alicyclic amines) is 1. The van der Waals surface area contributed by atoms with Gasteiger partial charge in [0.2, 0.25) is 5.91 Å². The Balaban J connectivity index is 1.95. The van der Waals surface area contributed by atoms with Gasteiger partial charge in [-0.2, -0.15) is 0 Å². The first kappa shape index (κ1) is 12.8. The van der Waals surface area contributed by atoms with Gasteiger partial charge in [0.1, 0.15) is 0 Å². The number of amides is 1. The van der Waals surface area contributed by atoms with Crippen LogP contribution >= 0.6 is 0 Å². The van der Waals surface area contributed by atoms with Crippen molar-refractivity contribution in [2.45, 2.75) is 51.1 Å². The van der Waals surface area contributed by atoms with Gasteiger partial charge >= 0.3 is 0 Å². The fraction of sp³-hybridized carbons (Fsp3) is 0.923. The molecule has 3 N–H and O–H groups in total. The summed E-state index contributed by atoms with van der Waals surface area (Å²) in [5.41, 5.74) is 5.84. The molecule has 0 bridgehead atoms. The number of hydrogen-bond acceptors (Lipinski definition) is 3. The van der Waals surface area contributed by atoms with Crippen LogP contribution in [0.25, 0.3) is 0 Å². The van der Waals surface area contributed by atoms with Gasteiger partial charge in [0.15, 0.2) is 0 Å². The molecule has 1 saturated heterocycles. The van der Waals surface area contributed by atoms with Crippen molar-refractivity contribution in [1.82, 2.24) is 10.2 Å². The van der Waals surface area contributed by atoms with Gasteiger partial charge in [-0.1, -0.05) is 6.42 Å². The quantitative estimate of drug-likeness (QED) is 0.746. The molecule has 0 aromatic heterocycles. The molecule has 4 heteroatoms. The highest BCUT2D eigenvalue weighted by molar-refractivity contribution is 5.82. The van der Waals surface area contributed by atoms with E-state index < -0.39 is 0 Å². The zero-order chi connectivity index (χ0) is 12.5. The summed E-state index contributed by atoms with van der Waals surface area (Å²) in [5, 5.41) is 2.79. The van der Waals surface area contributed by atoms with Crippen LogP contribution in [0, 0.1) is 5.41 Å². The SMILES string of the molecule is CNC(=O)C1(C)CCN(C2CCCC(N)C2)C1. The van der Waals surface area contributed by atoms with Crippen molar-refractivity contribution in [3.63, 3.8) is 0 Å². The molecular weight excluding hydrogens is 214 g/mol. The maximum Gasteiger partial charge on any atom is 0.227 e. The summed E-state index contributed by atoms with van der Waals surface area (Å²) in [6, 6.07) is 0.964. The summed E-state index contributed by atoms with van der Waals surface area (Å²) < 4.78 is 0. The summed E-state index contributed by atoms with van der Waals surface area (Å²) >= 11 is 0. The van der Waals surface area contributed by atoms with Gasteiger partial charge in [0.25, 0.3) is 0 Å². The summed E-state index contributed by atoms with van der Waals surface area (Å²) in [5.74, 6) is 0.181. The van der Waals surface area contributed by atoms with Crippen LogP contribution in [0.15, 0.2) is 0 Å². The van der Waals surface area contributed by atoms with Crippen molar-refractivity contribution in [3.05, 3.63) is 0 Å². The van der Waals surface area contributed by atoms with E-state index in [2.05, 4.69) is 17.1 Å². The van der Waals surface area contributed by atoms with E-state index in [-0.39, 0.29) is 11.3 Å². The minimum Gasteiger partial charge on any atom is -0.359 e. The molecule has 1 heterocycles. The third-order valence-corrected chi connectivity index (χ3v) is 4.48. The predicted octanol–water partition coefficient (Wildman–Crippen LogP) is 0.714. The molecule has 98 valence electrons. The second-order valence-electron chi connectivity index (χ2n) is 5.94. The third-order valence-electron chi connectivity index (χ3n) is 4.48. The van der Waals surface area contributed by atoms with Crippen LogP contribution in [-0.2, 0) is 4.79 Å². The van der Waals surface area contributed by atoms with Crippen LogP contribution in [0.5, 0.6) is 0 Å². The van der Waals surface area contributed by atoms with Gasteiger partial charge in [0.05, 0.1) is 5.41 Å². The lowest BCUT2D eigenvalue weighted by Gasteiger charge is -2.34. The van der Waals surface area contributed by atoms with Crippen molar-refractivity contribution < 1.29 is 4.79 Å². The van der Waals surface area contributed by atoms with Gasteiger partial charge in [0, 0.05) is 25.7 Å². The Hall–Kier alpha value is -0.610. The highest BCUT2D eigenvalue weighted by Crippen LogP contribution is 2.34. The lowest BCUT2D eigenvalue weighted by Crippen LogP contribution is -2.44. The van der Waals surface area contributed by atoms with Crippen LogP contribution in [0.1, 0.15) is 39.0 Å². The second kappa shape index (κ2) is 4.94. The highest BCUT2D eigenvalue weighted by atomic mass is 16.2. The molecule has 0 aromatic rings. The van der Waals surface area contributed by atoms with E-state index in [1.54, 1.807) is 7.05 Å². The molecule has 17 heavy (non-hydrogen) atoms. The van der Waals surface area contributed by atoms with Crippen molar-refractivity contribution in [2.75, 3.05) is 20.1 Å². The monoisotopic (exact) mass is 239 g/mol. The average Bonchev–Trinajstić information content (AvgIpc) is 2.72. The Morgan fingerprint density at radius 3 is 2.88 bits per heavy atom. The Morgan fingerprint density at radius 1 is 1.47 bits per heavy atom. The number of nitrogens with two attached hydrogens (primary N) is 1. The third kappa shape index (κ3) is 2.63. The molecule has 0 aromatic carbocycles. The number of hydrogen-bond donors (Lipinski definition) is 2. The molecule has 3 atom stereocenters. The van der Waals surface area contributed by atoms with Crippen molar-refractivity contribution in [1.29, 1.82) is 0 Å². The van der Waals surface area contributed by atoms with E-state index in [0.29, 0.717) is 12.1 Å². The maximum atomic E-state index is 11.9. The molecule has 2 rings (SSSR count). The molecular formula is C13H25N3O. The number of carbonyl (C=O) groups is 1. The lowest BCUT2D eigenvalue weighted by atomic mass is 9.88. The molecule has 1 aliphatic carbocycles. The van der Waals surface area contributed by atoms with E-state index in [4.69, 9.17) is 5.73 Å². The Morgan fingerprint density at radius 2 is 2.24 bits per heavy atom. The van der Waals surface area contributed by atoms with Gasteiger partial charge < -0.3 is 11.1 Å². The van der Waals surface area contributed by atoms with E-state index in [0.717, 1.165) is 32.4 Å². The Labute approximate surface area is 104 Å². The molecule has 1 aliphatic heterocycles. The van der Waals surface area contributed by atoms with Crippen molar-refractivity contribution >= 4 is 5.91 Å². The average molecular weight is 239 g/mol. The van der Waals surface area contributed by atoms with Crippen molar-refractivity contribution in [2.24, 2.45) is 11.1 Å². The molecule has 3 unspecified atom stereocenters. The first-order valence-electron chi connectivity index (χ1n) is 6.77. The van der Waals surface area contributed by atoms with Gasteiger partial charge in [-0.25, -0.2) is 0 Å². The first-order chi connectivity index (χ1) is 8.05. The normalized spacial score (nSPS) is 39.2. The van der Waals surface area contributed by atoms with E-state index in [9.17, 15) is 4.79 Å². The van der Waals surface area contributed by atoms with Crippen LogP contribution in [-0.4, -0.2) is 43.0 Å². The standard InChI is InChI=1S/C13H25N3O/c1-13(12(17)15-2)6-7-16(9-13)11-5-3-4-10(14)8-11/h10-11H,3-9,14H2,1-2H3,(H,15,17). The second-order valence-corrected chi connectivity index (χ2v) is 5.94. The van der Waals surface area contributed by atoms with E-state index in [1.807, 2.05) is 0 Å². The lowest BCUT2D eigenvalue weighted by molar-refractivity contribution is -0.129. The Bertz CT molecular complexity index is 294. The molecule has 0 radical (unpaired) electrons. The van der Waals surface area contributed by atoms with Gasteiger partial charge in [-0.05, 0) is 39.2 Å².